The Morgan fingerprint density at radius 2 is 1.74 bits per heavy atom. The smallest absolute Gasteiger partial charge is 0.0807 e. The summed E-state index contributed by atoms with van der Waals surface area (Å²) >= 11 is 0. The Kier molecular flexibility index (Phi) is 7.33. The number of ether oxygens (including phenoxy) is 2. The first-order valence-electron chi connectivity index (χ1n) is 7.85. The first-order valence-corrected chi connectivity index (χ1v) is 7.85. The van der Waals surface area contributed by atoms with E-state index in [0.29, 0.717) is 19.3 Å². The number of rotatable bonds is 8. The first kappa shape index (κ1) is 16.9. The van der Waals surface area contributed by atoms with Crippen LogP contribution in [0.25, 0.3) is 0 Å². The molecule has 3 heteroatoms. The summed E-state index contributed by atoms with van der Waals surface area (Å²) in [5.74, 6) is 1.67. The van der Waals surface area contributed by atoms with E-state index < -0.39 is 0 Å². The molecule has 1 rings (SSSR count). The maximum absolute atomic E-state index is 6.20. The van der Waals surface area contributed by atoms with Gasteiger partial charge in [0, 0.05) is 19.7 Å². The molecule has 0 amide bonds. The van der Waals surface area contributed by atoms with E-state index in [9.17, 15) is 0 Å². The predicted octanol–water partition coefficient (Wildman–Crippen LogP) is 3.23. The second-order valence-corrected chi connectivity index (χ2v) is 6.64. The summed E-state index contributed by atoms with van der Waals surface area (Å²) in [5, 5.41) is 3.56. The van der Waals surface area contributed by atoms with E-state index in [1.165, 1.54) is 25.7 Å². The Hall–Kier alpha value is -0.120. The molecule has 1 aliphatic rings. The molecule has 0 spiro atoms. The molecule has 1 fully saturated rings. The molecule has 1 N–H and O–H groups in total. The fourth-order valence-electron chi connectivity index (χ4n) is 2.94. The van der Waals surface area contributed by atoms with E-state index >= 15 is 0 Å². The zero-order chi connectivity index (χ0) is 14.3. The lowest BCUT2D eigenvalue weighted by Gasteiger charge is -2.42. The van der Waals surface area contributed by atoms with Gasteiger partial charge >= 0.3 is 0 Å². The van der Waals surface area contributed by atoms with Crippen LogP contribution in [0.2, 0.25) is 0 Å². The van der Waals surface area contributed by atoms with Crippen LogP contribution in [0.3, 0.4) is 0 Å². The summed E-state index contributed by atoms with van der Waals surface area (Å²) in [7, 11) is 1.73. The highest BCUT2D eigenvalue weighted by atomic mass is 16.5. The van der Waals surface area contributed by atoms with Crippen molar-refractivity contribution in [2.24, 2.45) is 11.8 Å². The molecular formula is C16H33NO2. The van der Waals surface area contributed by atoms with Gasteiger partial charge in [-0.25, -0.2) is 0 Å². The Morgan fingerprint density at radius 1 is 1.11 bits per heavy atom. The van der Waals surface area contributed by atoms with Crippen LogP contribution in [0.4, 0.5) is 0 Å². The van der Waals surface area contributed by atoms with E-state index in [0.717, 1.165) is 18.4 Å². The van der Waals surface area contributed by atoms with Gasteiger partial charge in [-0.15, -0.1) is 0 Å². The van der Waals surface area contributed by atoms with Gasteiger partial charge < -0.3 is 14.8 Å². The Morgan fingerprint density at radius 3 is 2.21 bits per heavy atom. The molecule has 0 atom stereocenters. The van der Waals surface area contributed by atoms with Gasteiger partial charge in [0.05, 0.1) is 18.8 Å². The molecule has 19 heavy (non-hydrogen) atoms. The first-order chi connectivity index (χ1) is 8.99. The van der Waals surface area contributed by atoms with Crippen molar-refractivity contribution < 1.29 is 9.47 Å². The molecule has 0 unspecified atom stereocenters. The van der Waals surface area contributed by atoms with Gasteiger partial charge in [0.2, 0.25) is 0 Å². The van der Waals surface area contributed by atoms with E-state index in [4.69, 9.17) is 9.47 Å². The van der Waals surface area contributed by atoms with Crippen LogP contribution in [0.15, 0.2) is 0 Å². The van der Waals surface area contributed by atoms with Crippen LogP contribution in [-0.2, 0) is 9.47 Å². The van der Waals surface area contributed by atoms with Crippen molar-refractivity contribution >= 4 is 0 Å². The Bertz CT molecular complexity index is 233. The van der Waals surface area contributed by atoms with Crippen LogP contribution in [0, 0.1) is 11.8 Å². The highest BCUT2D eigenvalue weighted by Crippen LogP contribution is 2.37. The molecule has 0 bridgehead atoms. The minimum absolute atomic E-state index is 0.0359. The summed E-state index contributed by atoms with van der Waals surface area (Å²) in [4.78, 5) is 0. The van der Waals surface area contributed by atoms with Crippen molar-refractivity contribution in [3.05, 3.63) is 0 Å². The largest absolute Gasteiger partial charge is 0.382 e. The zero-order valence-electron chi connectivity index (χ0n) is 13.5. The molecule has 1 aliphatic carbocycles. The van der Waals surface area contributed by atoms with Crippen LogP contribution in [-0.4, -0.2) is 38.5 Å². The molecule has 3 nitrogen and oxygen atoms in total. The van der Waals surface area contributed by atoms with Crippen molar-refractivity contribution in [2.75, 3.05) is 26.9 Å². The molecule has 0 radical (unpaired) electrons. The topological polar surface area (TPSA) is 30.5 Å². The average Bonchev–Trinajstić information content (AvgIpc) is 2.37. The van der Waals surface area contributed by atoms with Gasteiger partial charge in [-0.05, 0) is 37.5 Å². The SMILES string of the molecule is COCCOC1(CNC(C)C)CCC(C(C)C)CC1. The second-order valence-electron chi connectivity index (χ2n) is 6.64. The van der Waals surface area contributed by atoms with Crippen molar-refractivity contribution in [2.45, 2.75) is 65.0 Å². The third-order valence-corrected chi connectivity index (χ3v) is 4.41. The van der Waals surface area contributed by atoms with Gasteiger partial charge in [-0.2, -0.15) is 0 Å². The summed E-state index contributed by atoms with van der Waals surface area (Å²) in [6.45, 7) is 11.5. The Labute approximate surface area is 119 Å². The molecule has 0 saturated heterocycles. The summed E-state index contributed by atoms with van der Waals surface area (Å²) in [6.07, 6.45) is 4.95. The van der Waals surface area contributed by atoms with Gasteiger partial charge in [-0.1, -0.05) is 27.7 Å². The number of hydrogen-bond acceptors (Lipinski definition) is 3. The van der Waals surface area contributed by atoms with Gasteiger partial charge in [0.25, 0.3) is 0 Å². The molecule has 0 heterocycles. The maximum Gasteiger partial charge on any atom is 0.0807 e. The predicted molar refractivity (Wildman–Crippen MR) is 80.5 cm³/mol. The monoisotopic (exact) mass is 271 g/mol. The highest BCUT2D eigenvalue weighted by Gasteiger charge is 2.36. The van der Waals surface area contributed by atoms with Gasteiger partial charge in [0.15, 0.2) is 0 Å². The van der Waals surface area contributed by atoms with Crippen molar-refractivity contribution in [3.63, 3.8) is 0 Å². The maximum atomic E-state index is 6.20. The molecule has 1 saturated carbocycles. The van der Waals surface area contributed by atoms with Crippen molar-refractivity contribution in [1.82, 2.24) is 5.32 Å². The minimum atomic E-state index is 0.0359. The third kappa shape index (κ3) is 5.80. The minimum Gasteiger partial charge on any atom is -0.382 e. The van der Waals surface area contributed by atoms with Crippen LogP contribution < -0.4 is 5.32 Å². The van der Waals surface area contributed by atoms with Gasteiger partial charge in [0.1, 0.15) is 0 Å². The van der Waals surface area contributed by atoms with E-state index in [-0.39, 0.29) is 5.60 Å². The molecule has 0 aromatic rings. The van der Waals surface area contributed by atoms with Gasteiger partial charge in [-0.3, -0.25) is 0 Å². The zero-order valence-corrected chi connectivity index (χ0v) is 13.5. The van der Waals surface area contributed by atoms with Crippen molar-refractivity contribution in [3.8, 4) is 0 Å². The molecule has 0 aromatic carbocycles. The lowest BCUT2D eigenvalue weighted by Crippen LogP contribution is -2.48. The molecule has 0 aromatic heterocycles. The highest BCUT2D eigenvalue weighted by molar-refractivity contribution is 4.90. The van der Waals surface area contributed by atoms with Crippen molar-refractivity contribution in [1.29, 1.82) is 0 Å². The summed E-state index contributed by atoms with van der Waals surface area (Å²) < 4.78 is 11.3. The van der Waals surface area contributed by atoms with E-state index in [1.54, 1.807) is 7.11 Å². The average molecular weight is 271 g/mol. The van der Waals surface area contributed by atoms with Crippen LogP contribution in [0.5, 0.6) is 0 Å². The molecule has 114 valence electrons. The fraction of sp³-hybridized carbons (Fsp3) is 1.00. The van der Waals surface area contributed by atoms with Crippen LogP contribution >= 0.6 is 0 Å². The third-order valence-electron chi connectivity index (χ3n) is 4.41. The summed E-state index contributed by atoms with van der Waals surface area (Å²) in [6, 6.07) is 0.519. The van der Waals surface area contributed by atoms with Crippen LogP contribution in [0.1, 0.15) is 53.4 Å². The number of hydrogen-bond donors (Lipinski definition) is 1. The second kappa shape index (κ2) is 8.23. The molecule has 0 aliphatic heterocycles. The molecular weight excluding hydrogens is 238 g/mol. The lowest BCUT2D eigenvalue weighted by atomic mass is 9.74. The lowest BCUT2D eigenvalue weighted by molar-refractivity contribution is -0.0924. The van der Waals surface area contributed by atoms with E-state index in [1.807, 2.05) is 0 Å². The summed E-state index contributed by atoms with van der Waals surface area (Å²) in [5.41, 5.74) is 0.0359. The quantitative estimate of drug-likeness (QED) is 0.688. The number of methoxy groups -OCH3 is 1. The standard InChI is InChI=1S/C16H33NO2/c1-13(2)15-6-8-16(9-7-15,12-17-14(3)4)19-11-10-18-5/h13-15,17H,6-12H2,1-5H3. The fourth-order valence-corrected chi connectivity index (χ4v) is 2.94. The normalized spacial score (nSPS) is 28.3. The number of nitrogens with one attached hydrogen (secondary N) is 1. The van der Waals surface area contributed by atoms with E-state index in [2.05, 4.69) is 33.0 Å². The Balaban J connectivity index is 2.50.